The van der Waals surface area contributed by atoms with Crippen LogP contribution in [0.4, 0.5) is 0 Å². The van der Waals surface area contributed by atoms with Crippen molar-refractivity contribution < 1.29 is 29.0 Å². The van der Waals surface area contributed by atoms with Crippen LogP contribution in [0.15, 0.2) is 45.7 Å². The van der Waals surface area contributed by atoms with Crippen LogP contribution >= 0.6 is 24.0 Å². The van der Waals surface area contributed by atoms with Crippen molar-refractivity contribution >= 4 is 52.2 Å². The summed E-state index contributed by atoms with van der Waals surface area (Å²) >= 11 is 6.02. The number of carbonyl (C=O) groups is 3. The summed E-state index contributed by atoms with van der Waals surface area (Å²) in [6, 6.07) is 9.83. The summed E-state index contributed by atoms with van der Waals surface area (Å²) < 4.78 is 5.78. The van der Waals surface area contributed by atoms with Crippen LogP contribution in [0.5, 0.6) is 0 Å². The molecule has 1 aromatic heterocycles. The lowest BCUT2D eigenvalue weighted by Crippen LogP contribution is -2.45. The number of thioether (sulfide) groups is 1. The number of thiocarbonyl (C=S) groups is 1. The van der Waals surface area contributed by atoms with Gasteiger partial charge < -0.3 is 14.6 Å². The van der Waals surface area contributed by atoms with Gasteiger partial charge in [-0.3, -0.25) is 14.5 Å². The molecule has 2 aromatic rings. The lowest BCUT2D eigenvalue weighted by atomic mass is 10.1. The minimum atomic E-state index is -1.56. The van der Waals surface area contributed by atoms with Crippen molar-refractivity contribution in [2.45, 2.75) is 25.8 Å². The Hall–Kier alpha value is -2.91. The summed E-state index contributed by atoms with van der Waals surface area (Å²) in [5.41, 5.74) is 2.10. The molecule has 29 heavy (non-hydrogen) atoms. The van der Waals surface area contributed by atoms with Crippen molar-refractivity contribution in [1.82, 2.24) is 4.90 Å². The molecule has 0 aliphatic carbocycles. The number of rotatable bonds is 7. The number of carbonyl (C=O) groups excluding carboxylic acids is 1. The second-order valence-corrected chi connectivity index (χ2v) is 7.93. The molecule has 1 saturated heterocycles. The molecule has 2 heterocycles. The first-order valence-electron chi connectivity index (χ1n) is 8.71. The summed E-state index contributed by atoms with van der Waals surface area (Å²) in [6.45, 7) is 2.07. The largest absolute Gasteiger partial charge is 0.481 e. The van der Waals surface area contributed by atoms with Crippen LogP contribution in [0.1, 0.15) is 24.7 Å². The van der Waals surface area contributed by atoms with Gasteiger partial charge in [-0.1, -0.05) is 55.2 Å². The van der Waals surface area contributed by atoms with Crippen molar-refractivity contribution in [2.24, 2.45) is 0 Å². The summed E-state index contributed by atoms with van der Waals surface area (Å²) in [5, 5.41) is 18.2. The number of hydrogen-bond acceptors (Lipinski definition) is 6. The predicted octanol–water partition coefficient (Wildman–Crippen LogP) is 3.64. The van der Waals surface area contributed by atoms with E-state index in [0.717, 1.165) is 28.6 Å². The van der Waals surface area contributed by atoms with Crippen LogP contribution in [0, 0.1) is 0 Å². The highest BCUT2D eigenvalue weighted by atomic mass is 32.2. The number of amides is 1. The molecule has 0 unspecified atom stereocenters. The van der Waals surface area contributed by atoms with E-state index in [9.17, 15) is 19.5 Å². The minimum absolute atomic E-state index is 0.00293. The summed E-state index contributed by atoms with van der Waals surface area (Å²) in [6.07, 6.45) is 1.67. The highest BCUT2D eigenvalue weighted by Gasteiger charge is 2.41. The molecule has 7 nitrogen and oxygen atoms in total. The molecule has 1 fully saturated rings. The van der Waals surface area contributed by atoms with Crippen LogP contribution in [0.3, 0.4) is 0 Å². The zero-order valence-electron chi connectivity index (χ0n) is 15.3. The first kappa shape index (κ1) is 20.8. The van der Waals surface area contributed by atoms with Crippen molar-refractivity contribution in [3.63, 3.8) is 0 Å². The highest BCUT2D eigenvalue weighted by molar-refractivity contribution is 8.26. The number of furan rings is 1. The molecule has 1 aliphatic heterocycles. The Morgan fingerprint density at radius 1 is 1.21 bits per heavy atom. The lowest BCUT2D eigenvalue weighted by Gasteiger charge is -2.21. The molecule has 0 radical (unpaired) electrons. The molecule has 1 atom stereocenters. The normalized spacial score (nSPS) is 16.4. The molecule has 150 valence electrons. The van der Waals surface area contributed by atoms with Crippen molar-refractivity contribution in [2.75, 3.05) is 0 Å². The van der Waals surface area contributed by atoms with Gasteiger partial charge in [0.2, 0.25) is 0 Å². The second-order valence-electron chi connectivity index (χ2n) is 6.26. The minimum Gasteiger partial charge on any atom is -0.481 e. The molecule has 0 bridgehead atoms. The third kappa shape index (κ3) is 4.57. The number of carboxylic acids is 2. The van der Waals surface area contributed by atoms with E-state index in [1.165, 1.54) is 11.6 Å². The predicted molar refractivity (Wildman–Crippen MR) is 112 cm³/mol. The average molecular weight is 431 g/mol. The van der Waals surface area contributed by atoms with Crippen molar-refractivity contribution in [1.29, 1.82) is 0 Å². The van der Waals surface area contributed by atoms with E-state index in [-0.39, 0.29) is 9.23 Å². The van der Waals surface area contributed by atoms with E-state index in [1.807, 2.05) is 24.3 Å². The third-order valence-corrected chi connectivity index (χ3v) is 5.67. The Morgan fingerprint density at radius 3 is 2.48 bits per heavy atom. The summed E-state index contributed by atoms with van der Waals surface area (Å²) in [4.78, 5) is 36.0. The van der Waals surface area contributed by atoms with Gasteiger partial charge in [0.15, 0.2) is 0 Å². The fraction of sp³-hybridized carbons (Fsp3) is 0.200. The van der Waals surface area contributed by atoms with Crippen LogP contribution in [0.2, 0.25) is 0 Å². The molecular formula is C20H17NO6S2. The first-order chi connectivity index (χ1) is 13.8. The molecular weight excluding hydrogens is 414 g/mol. The van der Waals surface area contributed by atoms with Gasteiger partial charge in [0.05, 0.1) is 11.3 Å². The summed E-state index contributed by atoms with van der Waals surface area (Å²) in [5.74, 6) is -2.38. The molecule has 2 N–H and O–H groups in total. The molecule has 1 aromatic carbocycles. The quantitative estimate of drug-likeness (QED) is 0.505. The van der Waals surface area contributed by atoms with Gasteiger partial charge in [-0.2, -0.15) is 0 Å². The van der Waals surface area contributed by atoms with Gasteiger partial charge >= 0.3 is 11.9 Å². The van der Waals surface area contributed by atoms with Crippen LogP contribution in [-0.4, -0.2) is 43.3 Å². The number of nitrogens with zero attached hydrogens (tertiary/aromatic N) is 1. The Morgan fingerprint density at radius 2 is 1.90 bits per heavy atom. The van der Waals surface area contributed by atoms with Crippen molar-refractivity contribution in [3.05, 3.63) is 52.6 Å². The SMILES string of the molecule is CCc1ccc(-c2ccc(/C=C3/SC(=S)N([C@@H](CC(=O)O)C(=O)O)C3=O)o2)cc1. The Kier molecular flexibility index (Phi) is 6.19. The average Bonchev–Trinajstić information content (AvgIpc) is 3.25. The highest BCUT2D eigenvalue weighted by Crippen LogP contribution is 2.35. The van der Waals surface area contributed by atoms with Gasteiger partial charge in [0.1, 0.15) is 21.9 Å². The second kappa shape index (κ2) is 8.62. The zero-order valence-corrected chi connectivity index (χ0v) is 17.0. The number of benzene rings is 1. The van der Waals surface area contributed by atoms with Crippen molar-refractivity contribution in [3.8, 4) is 11.3 Å². The topological polar surface area (TPSA) is 108 Å². The smallest absolute Gasteiger partial charge is 0.327 e. The maximum absolute atomic E-state index is 12.6. The third-order valence-electron chi connectivity index (χ3n) is 4.34. The fourth-order valence-electron chi connectivity index (χ4n) is 2.82. The molecule has 0 saturated carbocycles. The number of hydrogen-bond donors (Lipinski definition) is 2. The summed E-state index contributed by atoms with van der Waals surface area (Å²) in [7, 11) is 0. The maximum atomic E-state index is 12.6. The number of aryl methyl sites for hydroxylation is 1. The maximum Gasteiger partial charge on any atom is 0.327 e. The van der Waals surface area contributed by atoms with Gasteiger partial charge in [-0.05, 0) is 24.1 Å². The van der Waals surface area contributed by atoms with Gasteiger partial charge in [-0.15, -0.1) is 0 Å². The lowest BCUT2D eigenvalue weighted by molar-refractivity contribution is -0.150. The Bertz CT molecular complexity index is 1010. The van der Waals surface area contributed by atoms with E-state index < -0.39 is 30.3 Å². The van der Waals surface area contributed by atoms with Gasteiger partial charge in [0, 0.05) is 11.6 Å². The Balaban J connectivity index is 1.83. The first-order valence-corrected chi connectivity index (χ1v) is 9.93. The number of carboxylic acid groups (broad SMARTS) is 2. The van der Waals surface area contributed by atoms with E-state index in [1.54, 1.807) is 12.1 Å². The van der Waals surface area contributed by atoms with E-state index in [4.69, 9.17) is 21.7 Å². The molecule has 1 amide bonds. The molecule has 9 heteroatoms. The van der Waals surface area contributed by atoms with Crippen LogP contribution in [-0.2, 0) is 20.8 Å². The molecule has 0 spiro atoms. The van der Waals surface area contributed by atoms with Gasteiger partial charge in [0.25, 0.3) is 5.91 Å². The Labute approximate surface area is 176 Å². The van der Waals surface area contributed by atoms with Crippen LogP contribution in [0.25, 0.3) is 17.4 Å². The molecule has 3 rings (SSSR count). The van der Waals surface area contributed by atoms with Crippen LogP contribution < -0.4 is 0 Å². The van der Waals surface area contributed by atoms with E-state index in [0.29, 0.717) is 11.5 Å². The molecule has 1 aliphatic rings. The van der Waals surface area contributed by atoms with Gasteiger partial charge in [-0.25, -0.2) is 4.79 Å². The van der Waals surface area contributed by atoms with E-state index >= 15 is 0 Å². The van der Waals surface area contributed by atoms with E-state index in [2.05, 4.69) is 6.92 Å². The monoisotopic (exact) mass is 431 g/mol. The zero-order chi connectivity index (χ0) is 21.1. The standard InChI is InChI=1S/C20H17NO6S2/c1-2-11-3-5-12(6-4-11)15-8-7-13(27-15)9-16-18(24)21(20(28)29-16)14(19(25)26)10-17(22)23/h3-9,14H,2,10H2,1H3,(H,22,23)(H,25,26)/b16-9+/t14-/m0/s1. The number of aliphatic carboxylic acids is 2. The fourth-order valence-corrected chi connectivity index (χ4v) is 4.16.